The molecule has 1 heterocycles. The number of aliphatic imine (C=N–C) groups is 1. The summed E-state index contributed by atoms with van der Waals surface area (Å²) in [7, 11) is 0. The third kappa shape index (κ3) is 6.93. The van der Waals surface area contributed by atoms with E-state index in [4.69, 9.17) is 4.52 Å². The highest BCUT2D eigenvalue weighted by Gasteiger charge is 2.13. The van der Waals surface area contributed by atoms with Gasteiger partial charge in [0.25, 0.3) is 0 Å². The van der Waals surface area contributed by atoms with E-state index in [1.807, 2.05) is 13.0 Å². The molecule has 7 heteroatoms. The van der Waals surface area contributed by atoms with Crippen LogP contribution in [0.15, 0.2) is 39.8 Å². The quantitative estimate of drug-likeness (QED) is 0.334. The van der Waals surface area contributed by atoms with E-state index in [2.05, 4.69) is 34.6 Å². The molecule has 2 N–H and O–H groups in total. The lowest BCUT2D eigenvalue weighted by Crippen LogP contribution is -2.36. The summed E-state index contributed by atoms with van der Waals surface area (Å²) in [5, 5.41) is 10.6. The van der Waals surface area contributed by atoms with Crippen LogP contribution in [0.3, 0.4) is 0 Å². The van der Waals surface area contributed by atoms with Crippen molar-refractivity contribution < 1.29 is 8.91 Å². The topological polar surface area (TPSA) is 62.5 Å². The maximum atomic E-state index is 12.9. The second-order valence-corrected chi connectivity index (χ2v) is 5.91. The van der Waals surface area contributed by atoms with Crippen LogP contribution in [-0.4, -0.2) is 17.7 Å². The SMILES string of the molecule is CCNC(=NCc1ccc(F)cc1)NCc1cc(C(CC)CC)no1.I. The fraction of sp³-hybridized carbons (Fsp3) is 0.474. The van der Waals surface area contributed by atoms with Gasteiger partial charge in [-0.2, -0.15) is 0 Å². The van der Waals surface area contributed by atoms with Crippen LogP contribution in [0.25, 0.3) is 0 Å². The van der Waals surface area contributed by atoms with Crippen LogP contribution >= 0.6 is 24.0 Å². The number of rotatable bonds is 8. The van der Waals surface area contributed by atoms with Gasteiger partial charge in [0, 0.05) is 18.5 Å². The van der Waals surface area contributed by atoms with Gasteiger partial charge in [-0.3, -0.25) is 0 Å². The molecule has 0 aliphatic carbocycles. The highest BCUT2D eigenvalue weighted by atomic mass is 127. The predicted molar refractivity (Wildman–Crippen MR) is 113 cm³/mol. The van der Waals surface area contributed by atoms with Crippen LogP contribution in [0.1, 0.15) is 56.5 Å². The zero-order valence-electron chi connectivity index (χ0n) is 15.6. The second-order valence-electron chi connectivity index (χ2n) is 5.91. The van der Waals surface area contributed by atoms with E-state index >= 15 is 0 Å². The van der Waals surface area contributed by atoms with Crippen molar-refractivity contribution in [3.8, 4) is 0 Å². The van der Waals surface area contributed by atoms with Gasteiger partial charge in [0.1, 0.15) is 5.82 Å². The third-order valence-corrected chi connectivity index (χ3v) is 4.09. The largest absolute Gasteiger partial charge is 0.359 e. The Morgan fingerprint density at radius 3 is 2.46 bits per heavy atom. The summed E-state index contributed by atoms with van der Waals surface area (Å²) < 4.78 is 18.4. The normalized spacial score (nSPS) is 11.3. The average molecular weight is 474 g/mol. The smallest absolute Gasteiger partial charge is 0.191 e. The standard InChI is InChI=1S/C19H27FN4O.HI/c1-4-15(5-2)18-11-17(25-24-18)13-23-19(21-6-3)22-12-14-7-9-16(20)10-8-14;/h7-11,15H,4-6,12-13H2,1-3H3,(H2,21,22,23);1H. The van der Waals surface area contributed by atoms with Gasteiger partial charge in [-0.25, -0.2) is 9.38 Å². The van der Waals surface area contributed by atoms with Gasteiger partial charge in [0.15, 0.2) is 11.7 Å². The summed E-state index contributed by atoms with van der Waals surface area (Å²) in [6.45, 7) is 8.07. The zero-order valence-corrected chi connectivity index (χ0v) is 17.9. The van der Waals surface area contributed by atoms with Gasteiger partial charge in [0.2, 0.25) is 0 Å². The first kappa shape index (κ1) is 22.4. The highest BCUT2D eigenvalue weighted by Crippen LogP contribution is 2.22. The molecule has 0 spiro atoms. The van der Waals surface area contributed by atoms with Gasteiger partial charge in [-0.05, 0) is 37.5 Å². The molecule has 0 saturated heterocycles. The van der Waals surface area contributed by atoms with E-state index in [9.17, 15) is 4.39 Å². The first-order chi connectivity index (χ1) is 12.2. The summed E-state index contributed by atoms with van der Waals surface area (Å²) >= 11 is 0. The number of hydrogen-bond acceptors (Lipinski definition) is 3. The van der Waals surface area contributed by atoms with Crippen molar-refractivity contribution in [2.75, 3.05) is 6.54 Å². The Hall–Kier alpha value is -1.64. The van der Waals surface area contributed by atoms with Gasteiger partial charge in [-0.15, -0.1) is 24.0 Å². The van der Waals surface area contributed by atoms with Gasteiger partial charge in [0.05, 0.1) is 18.8 Å². The molecule has 144 valence electrons. The summed E-state index contributed by atoms with van der Waals surface area (Å²) in [5.41, 5.74) is 1.96. The van der Waals surface area contributed by atoms with Gasteiger partial charge in [-0.1, -0.05) is 31.1 Å². The number of nitrogens with one attached hydrogen (secondary N) is 2. The second kappa shape index (κ2) is 11.9. The summed E-state index contributed by atoms with van der Waals surface area (Å²) in [4.78, 5) is 4.51. The summed E-state index contributed by atoms with van der Waals surface area (Å²) in [6.07, 6.45) is 2.11. The number of halogens is 2. The molecule has 0 bridgehead atoms. The first-order valence-electron chi connectivity index (χ1n) is 8.88. The molecule has 26 heavy (non-hydrogen) atoms. The number of nitrogens with zero attached hydrogens (tertiary/aromatic N) is 2. The Morgan fingerprint density at radius 2 is 1.85 bits per heavy atom. The Labute approximate surface area is 171 Å². The lowest BCUT2D eigenvalue weighted by Gasteiger charge is -2.10. The van der Waals surface area contributed by atoms with Crippen molar-refractivity contribution in [1.82, 2.24) is 15.8 Å². The number of guanidine groups is 1. The van der Waals surface area contributed by atoms with Crippen LogP contribution in [0.4, 0.5) is 4.39 Å². The molecule has 1 aromatic heterocycles. The summed E-state index contributed by atoms with van der Waals surface area (Å²) in [6, 6.07) is 8.37. The lowest BCUT2D eigenvalue weighted by atomic mass is 9.99. The Kier molecular flexibility index (Phi) is 10.2. The minimum atomic E-state index is -0.239. The first-order valence-corrected chi connectivity index (χ1v) is 8.88. The Morgan fingerprint density at radius 1 is 1.15 bits per heavy atom. The Balaban J connectivity index is 0.00000338. The third-order valence-electron chi connectivity index (χ3n) is 4.09. The van der Waals surface area contributed by atoms with Crippen molar-refractivity contribution in [2.24, 2.45) is 4.99 Å². The maximum Gasteiger partial charge on any atom is 0.191 e. The van der Waals surface area contributed by atoms with E-state index < -0.39 is 0 Å². The number of benzene rings is 1. The molecule has 0 fully saturated rings. The Bertz CT molecular complexity index is 668. The van der Waals surface area contributed by atoms with Crippen molar-refractivity contribution in [2.45, 2.75) is 52.6 Å². The predicted octanol–water partition coefficient (Wildman–Crippen LogP) is 4.59. The molecular formula is C19H28FIN4O. The molecule has 0 amide bonds. The van der Waals surface area contributed by atoms with Crippen LogP contribution < -0.4 is 10.6 Å². The van der Waals surface area contributed by atoms with Crippen LogP contribution in [0.2, 0.25) is 0 Å². The average Bonchev–Trinajstić information content (AvgIpc) is 3.09. The maximum absolute atomic E-state index is 12.9. The molecule has 0 unspecified atom stereocenters. The minimum absolute atomic E-state index is 0. The fourth-order valence-electron chi connectivity index (χ4n) is 2.58. The van der Waals surface area contributed by atoms with E-state index in [1.54, 1.807) is 12.1 Å². The van der Waals surface area contributed by atoms with E-state index in [0.717, 1.165) is 36.4 Å². The minimum Gasteiger partial charge on any atom is -0.359 e. The molecule has 0 aliphatic rings. The molecule has 5 nitrogen and oxygen atoms in total. The van der Waals surface area contributed by atoms with Crippen LogP contribution in [-0.2, 0) is 13.1 Å². The van der Waals surface area contributed by atoms with Crippen LogP contribution in [0.5, 0.6) is 0 Å². The molecule has 2 rings (SSSR count). The molecule has 1 aromatic carbocycles. The van der Waals surface area contributed by atoms with Gasteiger partial charge >= 0.3 is 0 Å². The van der Waals surface area contributed by atoms with Crippen molar-refractivity contribution in [3.63, 3.8) is 0 Å². The number of hydrogen-bond donors (Lipinski definition) is 2. The zero-order chi connectivity index (χ0) is 18.1. The molecule has 0 radical (unpaired) electrons. The highest BCUT2D eigenvalue weighted by molar-refractivity contribution is 14.0. The number of aromatic nitrogens is 1. The van der Waals surface area contributed by atoms with Crippen molar-refractivity contribution in [3.05, 3.63) is 53.2 Å². The molecule has 0 atom stereocenters. The van der Waals surface area contributed by atoms with E-state index in [0.29, 0.717) is 25.0 Å². The summed E-state index contributed by atoms with van der Waals surface area (Å²) in [5.74, 6) is 1.68. The van der Waals surface area contributed by atoms with Gasteiger partial charge < -0.3 is 15.2 Å². The lowest BCUT2D eigenvalue weighted by molar-refractivity contribution is 0.368. The van der Waals surface area contributed by atoms with E-state index in [1.165, 1.54) is 12.1 Å². The molecule has 0 aliphatic heterocycles. The van der Waals surface area contributed by atoms with Crippen LogP contribution in [0, 0.1) is 5.82 Å². The molecule has 0 saturated carbocycles. The van der Waals surface area contributed by atoms with Crippen molar-refractivity contribution in [1.29, 1.82) is 0 Å². The monoisotopic (exact) mass is 474 g/mol. The van der Waals surface area contributed by atoms with Crippen molar-refractivity contribution >= 4 is 29.9 Å². The molecular weight excluding hydrogens is 446 g/mol. The molecule has 2 aromatic rings. The fourth-order valence-corrected chi connectivity index (χ4v) is 2.58. The van der Waals surface area contributed by atoms with E-state index in [-0.39, 0.29) is 29.8 Å².